The van der Waals surface area contributed by atoms with E-state index in [1.54, 1.807) is 0 Å². The van der Waals surface area contributed by atoms with Crippen molar-refractivity contribution in [1.82, 2.24) is 10.2 Å². The molecule has 0 radical (unpaired) electrons. The Kier molecular flexibility index (Phi) is 6.11. The van der Waals surface area contributed by atoms with Crippen molar-refractivity contribution in [2.24, 2.45) is 0 Å². The van der Waals surface area contributed by atoms with Gasteiger partial charge in [-0.25, -0.2) is 0 Å². The molecule has 2 fully saturated rings. The van der Waals surface area contributed by atoms with Crippen molar-refractivity contribution in [3.05, 3.63) is 0 Å². The van der Waals surface area contributed by atoms with Crippen molar-refractivity contribution >= 4 is 5.91 Å². The molecule has 1 saturated carbocycles. The lowest BCUT2D eigenvalue weighted by Gasteiger charge is -2.34. The minimum absolute atomic E-state index is 0.188. The van der Waals surface area contributed by atoms with Crippen LogP contribution in [0.1, 0.15) is 51.9 Å². The Morgan fingerprint density at radius 2 is 1.84 bits per heavy atom. The smallest absolute Gasteiger partial charge is 0.248 e. The molecule has 0 bridgehead atoms. The first-order chi connectivity index (χ1) is 9.31. The van der Waals surface area contributed by atoms with E-state index < -0.39 is 0 Å². The molecule has 1 aliphatic heterocycles. The van der Waals surface area contributed by atoms with Gasteiger partial charge in [-0.05, 0) is 45.7 Å². The number of ether oxygens (including phenoxy) is 1. The van der Waals surface area contributed by atoms with Crippen LogP contribution >= 0.6 is 0 Å². The molecule has 4 heteroatoms. The highest BCUT2D eigenvalue weighted by atomic mass is 16.5. The van der Waals surface area contributed by atoms with Crippen LogP contribution in [-0.2, 0) is 9.53 Å². The molecule has 0 aromatic carbocycles. The minimum atomic E-state index is 0.188. The molecule has 1 heterocycles. The fourth-order valence-electron chi connectivity index (χ4n) is 3.27. The molecule has 4 nitrogen and oxygen atoms in total. The first kappa shape index (κ1) is 14.8. The second kappa shape index (κ2) is 7.85. The summed E-state index contributed by atoms with van der Waals surface area (Å²) < 4.78 is 5.79. The van der Waals surface area contributed by atoms with Gasteiger partial charge in [0.25, 0.3) is 0 Å². The highest BCUT2D eigenvalue weighted by Gasteiger charge is 2.25. The second-order valence-electron chi connectivity index (χ2n) is 5.73. The maximum absolute atomic E-state index is 12.3. The van der Waals surface area contributed by atoms with Crippen LogP contribution in [0.4, 0.5) is 0 Å². The predicted molar refractivity (Wildman–Crippen MR) is 76.1 cm³/mol. The summed E-state index contributed by atoms with van der Waals surface area (Å²) in [7, 11) is 0. The van der Waals surface area contributed by atoms with E-state index in [4.69, 9.17) is 4.74 Å². The monoisotopic (exact) mass is 268 g/mol. The zero-order valence-corrected chi connectivity index (χ0v) is 12.2. The van der Waals surface area contributed by atoms with Gasteiger partial charge >= 0.3 is 0 Å². The summed E-state index contributed by atoms with van der Waals surface area (Å²) in [5, 5.41) is 3.31. The van der Waals surface area contributed by atoms with Crippen LogP contribution in [0.2, 0.25) is 0 Å². The Labute approximate surface area is 116 Å². The summed E-state index contributed by atoms with van der Waals surface area (Å²) in [5.74, 6) is 0.188. The van der Waals surface area contributed by atoms with Crippen molar-refractivity contribution in [3.63, 3.8) is 0 Å². The molecule has 0 aromatic heterocycles. The molecule has 0 atom stereocenters. The highest BCUT2D eigenvalue weighted by molar-refractivity contribution is 5.77. The van der Waals surface area contributed by atoms with Crippen LogP contribution < -0.4 is 5.32 Å². The summed E-state index contributed by atoms with van der Waals surface area (Å²) in [6.45, 7) is 5.20. The van der Waals surface area contributed by atoms with Crippen LogP contribution in [0.25, 0.3) is 0 Å². The number of piperidine rings is 1. The number of carbonyl (C=O) groups is 1. The van der Waals surface area contributed by atoms with Gasteiger partial charge in [0.05, 0.1) is 6.10 Å². The zero-order chi connectivity index (χ0) is 13.5. The van der Waals surface area contributed by atoms with E-state index in [-0.39, 0.29) is 18.6 Å². The average molecular weight is 268 g/mol. The maximum atomic E-state index is 12.3. The largest absolute Gasteiger partial charge is 0.368 e. The maximum Gasteiger partial charge on any atom is 0.248 e. The molecule has 1 N–H and O–H groups in total. The van der Waals surface area contributed by atoms with Gasteiger partial charge in [-0.3, -0.25) is 4.79 Å². The number of likely N-dealkylation sites (N-methyl/N-ethyl adjacent to an activating group) is 1. The minimum Gasteiger partial charge on any atom is -0.368 e. The van der Waals surface area contributed by atoms with Crippen LogP contribution in [0.5, 0.6) is 0 Å². The molecule has 2 aliphatic rings. The van der Waals surface area contributed by atoms with Gasteiger partial charge in [0, 0.05) is 12.6 Å². The number of hydrogen-bond acceptors (Lipinski definition) is 3. The third-order valence-electron chi connectivity index (χ3n) is 4.41. The van der Waals surface area contributed by atoms with Gasteiger partial charge in [-0.1, -0.05) is 19.3 Å². The lowest BCUT2D eigenvalue weighted by atomic mass is 9.94. The Hall–Kier alpha value is -0.610. The summed E-state index contributed by atoms with van der Waals surface area (Å²) in [6.07, 6.45) is 8.54. The molecule has 1 amide bonds. The van der Waals surface area contributed by atoms with E-state index in [1.165, 1.54) is 32.1 Å². The Morgan fingerprint density at radius 1 is 1.16 bits per heavy atom. The van der Waals surface area contributed by atoms with Gasteiger partial charge in [0.15, 0.2) is 0 Å². The van der Waals surface area contributed by atoms with E-state index >= 15 is 0 Å². The van der Waals surface area contributed by atoms with Crippen LogP contribution in [-0.4, -0.2) is 49.2 Å². The van der Waals surface area contributed by atoms with Gasteiger partial charge in [-0.2, -0.15) is 0 Å². The topological polar surface area (TPSA) is 41.6 Å². The zero-order valence-electron chi connectivity index (χ0n) is 12.2. The van der Waals surface area contributed by atoms with Crippen molar-refractivity contribution in [3.8, 4) is 0 Å². The van der Waals surface area contributed by atoms with Crippen molar-refractivity contribution in [2.45, 2.75) is 64.0 Å². The number of nitrogens with one attached hydrogen (secondary N) is 1. The predicted octanol–water partition coefficient (Wildman–Crippen LogP) is 1.94. The molecule has 0 spiro atoms. The molecule has 1 aliphatic carbocycles. The van der Waals surface area contributed by atoms with Crippen molar-refractivity contribution in [1.29, 1.82) is 0 Å². The fourth-order valence-corrected chi connectivity index (χ4v) is 3.27. The Balaban J connectivity index is 1.75. The van der Waals surface area contributed by atoms with E-state index in [2.05, 4.69) is 12.2 Å². The summed E-state index contributed by atoms with van der Waals surface area (Å²) in [6, 6.07) is 0.461. The van der Waals surface area contributed by atoms with Gasteiger partial charge in [-0.15, -0.1) is 0 Å². The third kappa shape index (κ3) is 4.46. The molecule has 0 unspecified atom stereocenters. The normalized spacial score (nSPS) is 22.4. The summed E-state index contributed by atoms with van der Waals surface area (Å²) in [5.41, 5.74) is 0. The van der Waals surface area contributed by atoms with Crippen molar-refractivity contribution < 1.29 is 9.53 Å². The fraction of sp³-hybridized carbons (Fsp3) is 0.933. The number of rotatable bonds is 5. The lowest BCUT2D eigenvalue weighted by Crippen LogP contribution is -2.44. The van der Waals surface area contributed by atoms with Gasteiger partial charge < -0.3 is 15.0 Å². The molecule has 1 saturated heterocycles. The highest BCUT2D eigenvalue weighted by Crippen LogP contribution is 2.22. The first-order valence-electron chi connectivity index (χ1n) is 7.93. The Bertz CT molecular complexity index is 271. The summed E-state index contributed by atoms with van der Waals surface area (Å²) in [4.78, 5) is 14.3. The van der Waals surface area contributed by atoms with E-state index in [0.717, 1.165) is 32.5 Å². The quantitative estimate of drug-likeness (QED) is 0.828. The van der Waals surface area contributed by atoms with Crippen LogP contribution in [0.3, 0.4) is 0 Å². The summed E-state index contributed by atoms with van der Waals surface area (Å²) >= 11 is 0. The van der Waals surface area contributed by atoms with E-state index in [0.29, 0.717) is 6.04 Å². The number of amides is 1. The SMILES string of the molecule is CCN(C(=O)COC1CCNCC1)C1CCCCC1. The standard InChI is InChI=1S/C15H28N2O2/c1-2-17(13-6-4-3-5-7-13)15(18)12-19-14-8-10-16-11-9-14/h13-14,16H,2-12H2,1H3. The molecule has 19 heavy (non-hydrogen) atoms. The second-order valence-corrected chi connectivity index (χ2v) is 5.73. The van der Waals surface area contributed by atoms with E-state index in [9.17, 15) is 4.79 Å². The van der Waals surface area contributed by atoms with Crippen LogP contribution in [0, 0.1) is 0 Å². The Morgan fingerprint density at radius 3 is 2.47 bits per heavy atom. The number of hydrogen-bond donors (Lipinski definition) is 1. The number of nitrogens with zero attached hydrogens (tertiary/aromatic N) is 1. The average Bonchev–Trinajstić information content (AvgIpc) is 2.48. The van der Waals surface area contributed by atoms with E-state index in [1.807, 2.05) is 4.90 Å². The number of carbonyl (C=O) groups excluding carboxylic acids is 1. The first-order valence-corrected chi connectivity index (χ1v) is 7.93. The molecule has 110 valence electrons. The molecular formula is C15H28N2O2. The lowest BCUT2D eigenvalue weighted by molar-refractivity contribution is -0.141. The van der Waals surface area contributed by atoms with Gasteiger partial charge in [0.2, 0.25) is 5.91 Å². The third-order valence-corrected chi connectivity index (χ3v) is 4.41. The molecule has 2 rings (SSSR count). The molecular weight excluding hydrogens is 240 g/mol. The van der Waals surface area contributed by atoms with Crippen LogP contribution in [0.15, 0.2) is 0 Å². The van der Waals surface area contributed by atoms with Crippen molar-refractivity contribution in [2.75, 3.05) is 26.2 Å². The van der Waals surface area contributed by atoms with Gasteiger partial charge in [0.1, 0.15) is 6.61 Å². The molecule has 0 aromatic rings.